The van der Waals surface area contributed by atoms with Crippen molar-refractivity contribution < 1.29 is 19.2 Å². The number of carboxylic acid groups (broad SMARTS) is 1. The Morgan fingerprint density at radius 3 is 2.43 bits per heavy atom. The lowest BCUT2D eigenvalue weighted by molar-refractivity contribution is -0.384. The summed E-state index contributed by atoms with van der Waals surface area (Å²) < 4.78 is 5.36. The van der Waals surface area contributed by atoms with Gasteiger partial charge in [0.15, 0.2) is 0 Å². The number of hydrogen-bond acceptors (Lipinski definition) is 6. The average molecular weight is 283 g/mol. The number of nitro groups is 1. The van der Waals surface area contributed by atoms with Gasteiger partial charge in [-0.2, -0.15) is 5.26 Å². The number of non-ortho nitro benzene ring substituents is 1. The molecule has 0 aliphatic carbocycles. The van der Waals surface area contributed by atoms with Crippen LogP contribution in [0.2, 0.25) is 0 Å². The molecule has 21 heavy (non-hydrogen) atoms. The number of nitrogens with zero attached hydrogens (tertiary/aromatic N) is 2. The number of carbonyl (C=O) groups is 1. The molecule has 0 saturated carbocycles. The van der Waals surface area contributed by atoms with Crippen molar-refractivity contribution in [3.8, 4) is 17.4 Å². The van der Waals surface area contributed by atoms with Crippen LogP contribution in [0.5, 0.6) is 0 Å². The number of furan rings is 1. The van der Waals surface area contributed by atoms with E-state index in [4.69, 9.17) is 9.68 Å². The molecule has 0 radical (unpaired) electrons. The summed E-state index contributed by atoms with van der Waals surface area (Å²) in [5.74, 6) is -1.03. The van der Waals surface area contributed by atoms with Gasteiger partial charge in [0, 0.05) is 23.8 Å². The molecular weight excluding hydrogens is 276 g/mol. The second-order valence-corrected chi connectivity index (χ2v) is 3.96. The van der Waals surface area contributed by atoms with Gasteiger partial charge in [0.1, 0.15) is 17.6 Å². The number of carboxylic acids is 1. The van der Waals surface area contributed by atoms with Crippen LogP contribution in [0.25, 0.3) is 17.4 Å². The molecule has 7 heteroatoms. The SMILES string of the molecule is N#C/C(=C\c1ccc(-c2ccc([N+](=O)[O-])cc2)o1)C(=O)[O-]. The number of aliphatic carboxylic acids is 1. The fraction of sp³-hybridized carbons (Fsp3) is 0. The highest BCUT2D eigenvalue weighted by atomic mass is 16.6. The second-order valence-electron chi connectivity index (χ2n) is 3.96. The lowest BCUT2D eigenvalue weighted by Crippen LogP contribution is -2.23. The standard InChI is InChI=1S/C14H8N2O5/c15-8-10(14(17)18)7-12-5-6-13(21-12)9-1-3-11(4-2-9)16(19)20/h1-7H,(H,17,18)/p-1/b10-7+. The summed E-state index contributed by atoms with van der Waals surface area (Å²) in [6.45, 7) is 0. The van der Waals surface area contributed by atoms with E-state index < -0.39 is 16.5 Å². The van der Waals surface area contributed by atoms with E-state index in [0.29, 0.717) is 11.3 Å². The highest BCUT2D eigenvalue weighted by Gasteiger charge is 2.08. The van der Waals surface area contributed by atoms with Gasteiger partial charge < -0.3 is 14.3 Å². The molecule has 0 bridgehead atoms. The molecule has 1 aromatic heterocycles. The van der Waals surface area contributed by atoms with E-state index in [0.717, 1.165) is 6.08 Å². The topological polar surface area (TPSA) is 120 Å². The van der Waals surface area contributed by atoms with Crippen LogP contribution in [-0.2, 0) is 4.79 Å². The van der Waals surface area contributed by atoms with Gasteiger partial charge in [-0.1, -0.05) is 0 Å². The normalized spacial score (nSPS) is 10.9. The first kappa shape index (κ1) is 14.0. The minimum atomic E-state index is -1.59. The monoisotopic (exact) mass is 283 g/mol. The summed E-state index contributed by atoms with van der Waals surface area (Å²) in [5.41, 5.74) is -0.0130. The minimum absolute atomic E-state index is 0.0471. The third kappa shape index (κ3) is 3.13. The van der Waals surface area contributed by atoms with Crippen molar-refractivity contribution in [1.82, 2.24) is 0 Å². The Labute approximate surface area is 118 Å². The molecule has 0 spiro atoms. The Bertz CT molecular complexity index is 765. The number of hydrogen-bond donors (Lipinski definition) is 0. The summed E-state index contributed by atoms with van der Waals surface area (Å²) >= 11 is 0. The van der Waals surface area contributed by atoms with Crippen LogP contribution in [0, 0.1) is 21.4 Å². The molecule has 7 nitrogen and oxygen atoms in total. The number of nitriles is 1. The lowest BCUT2D eigenvalue weighted by Gasteiger charge is -1.98. The number of nitro benzene ring substituents is 1. The van der Waals surface area contributed by atoms with Gasteiger partial charge in [-0.05, 0) is 24.3 Å². The third-order valence-electron chi connectivity index (χ3n) is 2.62. The highest BCUT2D eigenvalue weighted by molar-refractivity contribution is 5.94. The molecule has 0 aliphatic heterocycles. The predicted octanol–water partition coefficient (Wildman–Crippen LogP) is 1.51. The van der Waals surface area contributed by atoms with Gasteiger partial charge in [-0.25, -0.2) is 0 Å². The lowest BCUT2D eigenvalue weighted by atomic mass is 10.1. The zero-order valence-electron chi connectivity index (χ0n) is 10.5. The second kappa shape index (κ2) is 5.71. The fourth-order valence-electron chi connectivity index (χ4n) is 1.61. The zero-order chi connectivity index (χ0) is 15.4. The molecule has 0 saturated heterocycles. The van der Waals surface area contributed by atoms with Gasteiger partial charge in [0.2, 0.25) is 0 Å². The van der Waals surface area contributed by atoms with Gasteiger partial charge in [0.25, 0.3) is 5.69 Å². The molecule has 0 aliphatic rings. The molecule has 2 rings (SSSR count). The first-order valence-corrected chi connectivity index (χ1v) is 5.69. The maximum absolute atomic E-state index is 10.6. The molecule has 1 heterocycles. The Kier molecular flexibility index (Phi) is 3.81. The van der Waals surface area contributed by atoms with Crippen LogP contribution >= 0.6 is 0 Å². The van der Waals surface area contributed by atoms with Crippen molar-refractivity contribution in [2.75, 3.05) is 0 Å². The van der Waals surface area contributed by atoms with Gasteiger partial charge >= 0.3 is 0 Å². The molecule has 2 aromatic rings. The van der Waals surface area contributed by atoms with E-state index in [-0.39, 0.29) is 11.4 Å². The fourth-order valence-corrected chi connectivity index (χ4v) is 1.61. The summed E-state index contributed by atoms with van der Waals surface area (Å²) in [6, 6.07) is 10.2. The number of carbonyl (C=O) groups excluding carboxylic acids is 1. The highest BCUT2D eigenvalue weighted by Crippen LogP contribution is 2.25. The summed E-state index contributed by atoms with van der Waals surface area (Å²) in [7, 11) is 0. The Morgan fingerprint density at radius 2 is 1.90 bits per heavy atom. The maximum atomic E-state index is 10.6. The average Bonchev–Trinajstić information content (AvgIpc) is 2.93. The van der Waals surface area contributed by atoms with Gasteiger partial charge in [0.05, 0.1) is 16.5 Å². The molecule has 1 aromatic carbocycles. The summed E-state index contributed by atoms with van der Waals surface area (Å²) in [6.07, 6.45) is 1.05. The summed E-state index contributed by atoms with van der Waals surface area (Å²) in [5, 5.41) is 29.8. The van der Waals surface area contributed by atoms with Gasteiger partial charge in [-0.3, -0.25) is 10.1 Å². The van der Waals surface area contributed by atoms with Crippen molar-refractivity contribution in [3.63, 3.8) is 0 Å². The zero-order valence-corrected chi connectivity index (χ0v) is 10.5. The van der Waals surface area contributed by atoms with Crippen LogP contribution in [0.15, 0.2) is 46.4 Å². The smallest absolute Gasteiger partial charge is 0.269 e. The van der Waals surface area contributed by atoms with E-state index in [9.17, 15) is 20.0 Å². The Balaban J connectivity index is 2.30. The van der Waals surface area contributed by atoms with E-state index in [1.54, 1.807) is 6.07 Å². The molecular formula is C14H7N2O5-. The predicted molar refractivity (Wildman–Crippen MR) is 69.4 cm³/mol. The van der Waals surface area contributed by atoms with Crippen molar-refractivity contribution in [1.29, 1.82) is 5.26 Å². The first-order valence-electron chi connectivity index (χ1n) is 5.69. The van der Waals surface area contributed by atoms with Crippen LogP contribution in [0.1, 0.15) is 5.76 Å². The molecule has 0 unspecified atom stereocenters. The minimum Gasteiger partial charge on any atom is -0.544 e. The van der Waals surface area contributed by atoms with Crippen molar-refractivity contribution >= 4 is 17.7 Å². The van der Waals surface area contributed by atoms with Crippen molar-refractivity contribution in [2.45, 2.75) is 0 Å². The molecule has 0 atom stereocenters. The van der Waals surface area contributed by atoms with Crippen molar-refractivity contribution in [2.24, 2.45) is 0 Å². The molecule has 0 N–H and O–H groups in total. The van der Waals surface area contributed by atoms with Crippen LogP contribution in [0.4, 0.5) is 5.69 Å². The van der Waals surface area contributed by atoms with E-state index in [1.165, 1.54) is 36.4 Å². The Hall–Kier alpha value is -3.40. The maximum Gasteiger partial charge on any atom is 0.269 e. The molecule has 104 valence electrons. The quantitative estimate of drug-likeness (QED) is 0.363. The number of rotatable bonds is 4. The molecule has 0 amide bonds. The third-order valence-corrected chi connectivity index (χ3v) is 2.62. The van der Waals surface area contributed by atoms with Gasteiger partial charge in [-0.15, -0.1) is 0 Å². The summed E-state index contributed by atoms with van der Waals surface area (Å²) in [4.78, 5) is 20.6. The van der Waals surface area contributed by atoms with Crippen LogP contribution in [-0.4, -0.2) is 10.9 Å². The Morgan fingerprint density at radius 1 is 1.24 bits per heavy atom. The van der Waals surface area contributed by atoms with E-state index in [1.807, 2.05) is 0 Å². The van der Waals surface area contributed by atoms with Crippen LogP contribution < -0.4 is 5.11 Å². The van der Waals surface area contributed by atoms with E-state index in [2.05, 4.69) is 0 Å². The van der Waals surface area contributed by atoms with E-state index >= 15 is 0 Å². The van der Waals surface area contributed by atoms with Crippen molar-refractivity contribution in [3.05, 3.63) is 57.8 Å². The first-order chi connectivity index (χ1) is 10.0. The van der Waals surface area contributed by atoms with Crippen LogP contribution in [0.3, 0.4) is 0 Å². The molecule has 0 fully saturated rings. The number of benzene rings is 1. The largest absolute Gasteiger partial charge is 0.544 e.